The molecular weight excluding hydrogens is 422 g/mol. The topological polar surface area (TPSA) is 69.6 Å². The van der Waals surface area contributed by atoms with E-state index in [0.717, 1.165) is 6.07 Å². The Balaban J connectivity index is 2.18. The molecule has 2 aromatic carbocycles. The summed E-state index contributed by atoms with van der Waals surface area (Å²) in [7, 11) is -3.61. The average molecular weight is 440 g/mol. The average Bonchev–Trinajstić information content (AvgIpc) is 2.59. The van der Waals surface area contributed by atoms with E-state index in [-0.39, 0.29) is 17.0 Å². The fourth-order valence-electron chi connectivity index (χ4n) is 2.34. The highest BCUT2D eigenvalue weighted by atomic mass is 35.5. The van der Waals surface area contributed by atoms with Gasteiger partial charge in [-0.15, -0.1) is 0 Å². The molecule has 10 heteroatoms. The minimum absolute atomic E-state index is 0.0147. The SMILES string of the molecule is CC(C)(C(=O)NCc1ccc(F)c(C(F)(F)F)c1)S(O)(O)c1ccc(Cl)cc1. The molecule has 0 heterocycles. The number of benzene rings is 2. The zero-order valence-corrected chi connectivity index (χ0v) is 16.4. The Morgan fingerprint density at radius 2 is 1.68 bits per heavy atom. The van der Waals surface area contributed by atoms with E-state index < -0.39 is 38.8 Å². The van der Waals surface area contributed by atoms with Crippen molar-refractivity contribution in [1.82, 2.24) is 5.32 Å². The van der Waals surface area contributed by atoms with Gasteiger partial charge in [-0.05, 0) is 55.8 Å². The van der Waals surface area contributed by atoms with Crippen molar-refractivity contribution in [2.24, 2.45) is 0 Å². The normalized spacial score (nSPS) is 13.3. The number of carbonyl (C=O) groups excluding carboxylic acids is 1. The quantitative estimate of drug-likeness (QED) is 0.523. The number of halogens is 5. The van der Waals surface area contributed by atoms with Crippen molar-refractivity contribution in [3.63, 3.8) is 0 Å². The summed E-state index contributed by atoms with van der Waals surface area (Å²) in [6.45, 7) is 2.26. The van der Waals surface area contributed by atoms with Gasteiger partial charge in [0.1, 0.15) is 10.6 Å². The maximum Gasteiger partial charge on any atom is 0.419 e. The standard InChI is InChI=1S/C18H18ClF4NO3S/c1-17(2,28(26,27)13-6-4-12(19)5-7-13)16(25)24-10-11-3-8-15(20)14(9-11)18(21,22)23/h3-9,26-27H,10H2,1-2H3,(H,24,25). The number of hydrogen-bond donors (Lipinski definition) is 3. The van der Waals surface area contributed by atoms with Crippen LogP contribution in [0.4, 0.5) is 17.6 Å². The highest BCUT2D eigenvalue weighted by Crippen LogP contribution is 2.58. The largest absolute Gasteiger partial charge is 0.419 e. The molecule has 0 aromatic heterocycles. The first-order valence-corrected chi connectivity index (χ1v) is 9.86. The molecule has 4 nitrogen and oxygen atoms in total. The first-order chi connectivity index (χ1) is 12.8. The highest BCUT2D eigenvalue weighted by Gasteiger charge is 2.42. The summed E-state index contributed by atoms with van der Waals surface area (Å²) in [5, 5.41) is 2.74. The van der Waals surface area contributed by atoms with Crippen molar-refractivity contribution in [3.05, 3.63) is 64.4 Å². The van der Waals surface area contributed by atoms with Crippen molar-refractivity contribution in [1.29, 1.82) is 0 Å². The van der Waals surface area contributed by atoms with E-state index in [4.69, 9.17) is 11.6 Å². The van der Waals surface area contributed by atoms with Gasteiger partial charge < -0.3 is 5.32 Å². The number of alkyl halides is 3. The predicted molar refractivity (Wildman–Crippen MR) is 99.9 cm³/mol. The molecule has 0 aliphatic carbocycles. The molecule has 1 amide bonds. The van der Waals surface area contributed by atoms with Crippen LogP contribution in [0.15, 0.2) is 47.4 Å². The monoisotopic (exact) mass is 439 g/mol. The van der Waals surface area contributed by atoms with E-state index >= 15 is 0 Å². The van der Waals surface area contributed by atoms with Crippen LogP contribution in [0.2, 0.25) is 5.02 Å². The molecule has 0 fully saturated rings. The molecular formula is C18H18ClF4NO3S. The molecule has 0 aliphatic rings. The molecule has 3 N–H and O–H groups in total. The van der Waals surface area contributed by atoms with Crippen LogP contribution >= 0.6 is 22.2 Å². The zero-order valence-electron chi connectivity index (χ0n) is 14.8. The molecule has 0 unspecified atom stereocenters. The third kappa shape index (κ3) is 4.60. The van der Waals surface area contributed by atoms with Gasteiger partial charge in [0.15, 0.2) is 0 Å². The molecule has 0 saturated heterocycles. The number of nitrogens with one attached hydrogen (secondary N) is 1. The summed E-state index contributed by atoms with van der Waals surface area (Å²) in [5.41, 5.74) is -1.43. The van der Waals surface area contributed by atoms with Crippen LogP contribution in [0, 0.1) is 5.82 Å². The lowest BCUT2D eigenvalue weighted by atomic mass is 10.1. The van der Waals surface area contributed by atoms with Crippen molar-refractivity contribution >= 4 is 28.1 Å². The Morgan fingerprint density at radius 1 is 1.11 bits per heavy atom. The van der Waals surface area contributed by atoms with E-state index in [1.54, 1.807) is 0 Å². The molecule has 2 aromatic rings. The lowest BCUT2D eigenvalue weighted by molar-refractivity contribution is -0.140. The second-order valence-electron chi connectivity index (χ2n) is 6.51. The predicted octanol–water partition coefficient (Wildman–Crippen LogP) is 5.70. The Bertz CT molecular complexity index is 870. The van der Waals surface area contributed by atoms with Gasteiger partial charge in [0.05, 0.1) is 10.5 Å². The van der Waals surface area contributed by atoms with Crippen LogP contribution in [0.5, 0.6) is 0 Å². The maximum absolute atomic E-state index is 13.3. The Kier molecular flexibility index (Phi) is 6.34. The van der Waals surface area contributed by atoms with Crippen LogP contribution in [-0.4, -0.2) is 19.8 Å². The molecule has 2 rings (SSSR count). The van der Waals surface area contributed by atoms with E-state index in [0.29, 0.717) is 17.2 Å². The van der Waals surface area contributed by atoms with E-state index in [1.807, 2.05) is 0 Å². The van der Waals surface area contributed by atoms with Gasteiger partial charge in [0.25, 0.3) is 0 Å². The molecule has 0 atom stereocenters. The Labute approximate surface area is 165 Å². The van der Waals surface area contributed by atoms with Crippen LogP contribution in [0.25, 0.3) is 0 Å². The molecule has 154 valence electrons. The zero-order chi connectivity index (χ0) is 21.3. The molecule has 0 aliphatic heterocycles. The summed E-state index contributed by atoms with van der Waals surface area (Å²) >= 11 is 5.77. The van der Waals surface area contributed by atoms with Crippen molar-refractivity contribution in [2.45, 2.75) is 36.2 Å². The van der Waals surface area contributed by atoms with Gasteiger partial charge in [-0.3, -0.25) is 13.9 Å². The minimum atomic E-state index is -4.87. The summed E-state index contributed by atoms with van der Waals surface area (Å²) in [6, 6.07) is 8.00. The van der Waals surface area contributed by atoms with Gasteiger partial charge in [-0.25, -0.2) is 4.39 Å². The molecule has 28 heavy (non-hydrogen) atoms. The first-order valence-electron chi connectivity index (χ1n) is 7.94. The minimum Gasteiger partial charge on any atom is -0.350 e. The van der Waals surface area contributed by atoms with Crippen LogP contribution in [0.3, 0.4) is 0 Å². The van der Waals surface area contributed by atoms with Crippen molar-refractivity contribution < 1.29 is 31.5 Å². The number of carbonyl (C=O) groups is 1. The van der Waals surface area contributed by atoms with Gasteiger partial charge >= 0.3 is 6.18 Å². The smallest absolute Gasteiger partial charge is 0.350 e. The lowest BCUT2D eigenvalue weighted by Gasteiger charge is -2.45. The van der Waals surface area contributed by atoms with Gasteiger partial charge in [-0.2, -0.15) is 23.8 Å². The van der Waals surface area contributed by atoms with Gasteiger partial charge in [-0.1, -0.05) is 17.7 Å². The lowest BCUT2D eigenvalue weighted by Crippen LogP contribution is -2.45. The number of amides is 1. The molecule has 0 bridgehead atoms. The summed E-state index contributed by atoms with van der Waals surface area (Å²) in [5.74, 6) is -2.21. The molecule has 0 spiro atoms. The van der Waals surface area contributed by atoms with E-state index in [1.165, 1.54) is 38.1 Å². The third-order valence-electron chi connectivity index (χ3n) is 4.19. The maximum atomic E-state index is 13.3. The third-order valence-corrected chi connectivity index (χ3v) is 6.98. The first kappa shape index (κ1) is 22.5. The molecule has 0 saturated carbocycles. The second-order valence-corrected chi connectivity index (χ2v) is 9.53. The number of rotatable bonds is 5. The summed E-state index contributed by atoms with van der Waals surface area (Å²) in [4.78, 5) is 12.6. The van der Waals surface area contributed by atoms with Crippen LogP contribution in [-0.2, 0) is 17.5 Å². The fourth-order valence-corrected chi connectivity index (χ4v) is 3.90. The van der Waals surface area contributed by atoms with Crippen molar-refractivity contribution in [3.8, 4) is 0 Å². The fraction of sp³-hybridized carbons (Fsp3) is 0.278. The van der Waals surface area contributed by atoms with Crippen LogP contribution < -0.4 is 5.32 Å². The van der Waals surface area contributed by atoms with Gasteiger partial charge in [0, 0.05) is 11.6 Å². The second kappa shape index (κ2) is 7.90. The molecule has 0 radical (unpaired) electrons. The number of hydrogen-bond acceptors (Lipinski definition) is 3. The van der Waals surface area contributed by atoms with Crippen LogP contribution in [0.1, 0.15) is 25.0 Å². The summed E-state index contributed by atoms with van der Waals surface area (Å²) < 4.78 is 71.2. The van der Waals surface area contributed by atoms with Gasteiger partial charge in [0.2, 0.25) is 5.91 Å². The summed E-state index contributed by atoms with van der Waals surface area (Å²) in [6.07, 6.45) is -4.87. The van der Waals surface area contributed by atoms with E-state index in [2.05, 4.69) is 5.32 Å². The Morgan fingerprint density at radius 3 is 2.21 bits per heavy atom. The Hall–Kier alpha value is -1.81. The van der Waals surface area contributed by atoms with Crippen molar-refractivity contribution in [2.75, 3.05) is 0 Å². The van der Waals surface area contributed by atoms with E-state index in [9.17, 15) is 31.5 Å². The highest BCUT2D eigenvalue weighted by molar-refractivity contribution is 8.26.